The molecule has 1 aromatic rings. The lowest BCUT2D eigenvalue weighted by Gasteiger charge is -2.17. The molecule has 4 nitrogen and oxygen atoms in total. The Morgan fingerprint density at radius 2 is 1.90 bits per heavy atom. The number of unbranched alkanes of at least 4 members (excludes halogenated alkanes) is 1. The van der Waals surface area contributed by atoms with Crippen molar-refractivity contribution in [3.05, 3.63) is 16.9 Å². The third kappa shape index (κ3) is 6.53. The second-order valence-corrected chi connectivity index (χ2v) is 5.30. The van der Waals surface area contributed by atoms with E-state index < -0.39 is 0 Å². The molecule has 1 heterocycles. The fourth-order valence-electron chi connectivity index (χ4n) is 2.13. The molecule has 5 heteroatoms. The van der Waals surface area contributed by atoms with Gasteiger partial charge in [0, 0.05) is 12.2 Å². The lowest BCUT2D eigenvalue weighted by Crippen LogP contribution is -2.24. The third-order valence-electron chi connectivity index (χ3n) is 3.33. The Balaban J connectivity index is 2.31. The average molecular weight is 299 g/mol. The SMILES string of the molecule is CCCc1cc(Cl)nc(NCCCCN(CC)CC)n1. The molecule has 0 aliphatic carbocycles. The Hall–Kier alpha value is -0.870. The molecule has 0 aromatic carbocycles. The lowest BCUT2D eigenvalue weighted by atomic mass is 10.2. The number of nitrogens with zero attached hydrogens (tertiary/aromatic N) is 3. The Morgan fingerprint density at radius 1 is 1.15 bits per heavy atom. The molecule has 0 radical (unpaired) electrons. The lowest BCUT2D eigenvalue weighted by molar-refractivity contribution is 0.298. The van der Waals surface area contributed by atoms with Crippen molar-refractivity contribution in [1.82, 2.24) is 14.9 Å². The number of aromatic nitrogens is 2. The average Bonchev–Trinajstić information content (AvgIpc) is 2.42. The summed E-state index contributed by atoms with van der Waals surface area (Å²) in [4.78, 5) is 11.1. The van der Waals surface area contributed by atoms with Gasteiger partial charge in [-0.15, -0.1) is 0 Å². The zero-order valence-corrected chi connectivity index (χ0v) is 13.7. The van der Waals surface area contributed by atoms with E-state index in [0.29, 0.717) is 11.1 Å². The van der Waals surface area contributed by atoms with E-state index in [1.54, 1.807) is 0 Å². The third-order valence-corrected chi connectivity index (χ3v) is 3.53. The predicted molar refractivity (Wildman–Crippen MR) is 86.5 cm³/mol. The van der Waals surface area contributed by atoms with Crippen molar-refractivity contribution in [2.45, 2.75) is 46.5 Å². The van der Waals surface area contributed by atoms with Crippen LogP contribution < -0.4 is 5.32 Å². The molecule has 1 N–H and O–H groups in total. The molecule has 0 atom stereocenters. The van der Waals surface area contributed by atoms with Gasteiger partial charge in [-0.2, -0.15) is 0 Å². The summed E-state index contributed by atoms with van der Waals surface area (Å²) in [6.07, 6.45) is 4.32. The monoisotopic (exact) mass is 298 g/mol. The Labute approximate surface area is 127 Å². The summed E-state index contributed by atoms with van der Waals surface area (Å²) >= 11 is 6.01. The van der Waals surface area contributed by atoms with Gasteiger partial charge < -0.3 is 10.2 Å². The van der Waals surface area contributed by atoms with Gasteiger partial charge in [-0.3, -0.25) is 0 Å². The van der Waals surface area contributed by atoms with Crippen LogP contribution in [-0.2, 0) is 6.42 Å². The second-order valence-electron chi connectivity index (χ2n) is 4.92. The zero-order valence-electron chi connectivity index (χ0n) is 13.0. The Bertz CT molecular complexity index is 380. The number of aryl methyl sites for hydroxylation is 1. The highest BCUT2D eigenvalue weighted by Gasteiger charge is 2.03. The van der Waals surface area contributed by atoms with Crippen LogP contribution in [0.1, 0.15) is 45.7 Å². The molecule has 1 aromatic heterocycles. The number of nitrogens with one attached hydrogen (secondary N) is 1. The number of halogens is 1. The van der Waals surface area contributed by atoms with E-state index >= 15 is 0 Å². The maximum atomic E-state index is 6.01. The van der Waals surface area contributed by atoms with E-state index in [1.165, 1.54) is 6.42 Å². The van der Waals surface area contributed by atoms with Crippen LogP contribution in [0, 0.1) is 0 Å². The highest BCUT2D eigenvalue weighted by molar-refractivity contribution is 6.29. The minimum Gasteiger partial charge on any atom is -0.354 e. The van der Waals surface area contributed by atoms with Crippen LogP contribution in [0.5, 0.6) is 0 Å². The smallest absolute Gasteiger partial charge is 0.224 e. The van der Waals surface area contributed by atoms with Crippen LogP contribution in [0.2, 0.25) is 5.15 Å². The molecule has 0 aliphatic rings. The highest BCUT2D eigenvalue weighted by atomic mass is 35.5. The summed E-state index contributed by atoms with van der Waals surface area (Å²) in [7, 11) is 0. The molecular weight excluding hydrogens is 272 g/mol. The van der Waals surface area contributed by atoms with Gasteiger partial charge in [-0.25, -0.2) is 9.97 Å². The first-order chi connectivity index (χ1) is 9.69. The van der Waals surface area contributed by atoms with Crippen LogP contribution in [0.25, 0.3) is 0 Å². The molecule has 0 bridgehead atoms. The van der Waals surface area contributed by atoms with Crippen molar-refractivity contribution in [2.75, 3.05) is 31.5 Å². The van der Waals surface area contributed by atoms with E-state index in [-0.39, 0.29) is 0 Å². The molecule has 0 amide bonds. The van der Waals surface area contributed by atoms with Crippen LogP contribution in [0.15, 0.2) is 6.07 Å². The van der Waals surface area contributed by atoms with Crippen molar-refractivity contribution in [3.63, 3.8) is 0 Å². The molecular formula is C15H27ClN4. The van der Waals surface area contributed by atoms with Crippen LogP contribution in [-0.4, -0.2) is 41.0 Å². The fraction of sp³-hybridized carbons (Fsp3) is 0.733. The standard InChI is InChI=1S/C15H27ClN4/c1-4-9-13-12-14(16)19-15(18-13)17-10-7-8-11-20(5-2)6-3/h12H,4-11H2,1-3H3,(H,17,18,19). The number of rotatable bonds is 10. The molecule has 0 aliphatic heterocycles. The van der Waals surface area contributed by atoms with Gasteiger partial charge in [0.05, 0.1) is 0 Å². The van der Waals surface area contributed by atoms with E-state index in [9.17, 15) is 0 Å². The molecule has 0 unspecified atom stereocenters. The second kappa shape index (κ2) is 9.94. The Morgan fingerprint density at radius 3 is 2.55 bits per heavy atom. The predicted octanol–water partition coefficient (Wildman–Crippen LogP) is 3.62. The fourth-order valence-corrected chi connectivity index (χ4v) is 2.33. The van der Waals surface area contributed by atoms with Gasteiger partial charge in [0.25, 0.3) is 0 Å². The maximum Gasteiger partial charge on any atom is 0.224 e. The van der Waals surface area contributed by atoms with Crippen molar-refractivity contribution in [3.8, 4) is 0 Å². The minimum atomic E-state index is 0.522. The molecule has 0 fully saturated rings. The topological polar surface area (TPSA) is 41.1 Å². The number of anilines is 1. The largest absolute Gasteiger partial charge is 0.354 e. The summed E-state index contributed by atoms with van der Waals surface area (Å²) in [5.41, 5.74) is 1.01. The summed E-state index contributed by atoms with van der Waals surface area (Å²) in [5, 5.41) is 3.79. The van der Waals surface area contributed by atoms with Crippen molar-refractivity contribution in [2.24, 2.45) is 0 Å². The molecule has 0 saturated carbocycles. The van der Waals surface area contributed by atoms with Gasteiger partial charge in [0.1, 0.15) is 5.15 Å². The zero-order chi connectivity index (χ0) is 14.8. The van der Waals surface area contributed by atoms with Crippen LogP contribution in [0.4, 0.5) is 5.95 Å². The van der Waals surface area contributed by atoms with E-state index in [4.69, 9.17) is 11.6 Å². The molecule has 0 saturated heterocycles. The minimum absolute atomic E-state index is 0.522. The van der Waals surface area contributed by atoms with Crippen molar-refractivity contribution < 1.29 is 0 Å². The summed E-state index contributed by atoms with van der Waals surface area (Å²) < 4.78 is 0. The summed E-state index contributed by atoms with van der Waals surface area (Å²) in [6.45, 7) is 10.9. The van der Waals surface area contributed by atoms with E-state index in [0.717, 1.165) is 51.1 Å². The normalized spacial score (nSPS) is 11.1. The highest BCUT2D eigenvalue weighted by Crippen LogP contribution is 2.12. The molecule has 1 rings (SSSR count). The van der Waals surface area contributed by atoms with Crippen LogP contribution >= 0.6 is 11.6 Å². The van der Waals surface area contributed by atoms with Gasteiger partial charge >= 0.3 is 0 Å². The first-order valence-corrected chi connectivity index (χ1v) is 8.07. The maximum absolute atomic E-state index is 6.01. The molecule has 114 valence electrons. The number of hydrogen-bond acceptors (Lipinski definition) is 4. The van der Waals surface area contributed by atoms with Gasteiger partial charge in [0.15, 0.2) is 0 Å². The van der Waals surface area contributed by atoms with Gasteiger partial charge in [-0.1, -0.05) is 38.8 Å². The Kier molecular flexibility index (Phi) is 8.54. The molecule has 20 heavy (non-hydrogen) atoms. The van der Waals surface area contributed by atoms with Crippen molar-refractivity contribution in [1.29, 1.82) is 0 Å². The first kappa shape index (κ1) is 17.2. The summed E-state index contributed by atoms with van der Waals surface area (Å²) in [6, 6.07) is 1.84. The molecule has 0 spiro atoms. The van der Waals surface area contributed by atoms with E-state index in [2.05, 4.69) is 41.0 Å². The van der Waals surface area contributed by atoms with Gasteiger partial charge in [0.2, 0.25) is 5.95 Å². The summed E-state index contributed by atoms with van der Waals surface area (Å²) in [5.74, 6) is 0.656. The van der Waals surface area contributed by atoms with Gasteiger partial charge in [-0.05, 0) is 45.0 Å². The first-order valence-electron chi connectivity index (χ1n) is 7.69. The van der Waals surface area contributed by atoms with Crippen molar-refractivity contribution >= 4 is 17.5 Å². The quantitative estimate of drug-likeness (QED) is 0.529. The van der Waals surface area contributed by atoms with E-state index in [1.807, 2.05) is 6.07 Å². The van der Waals surface area contributed by atoms with Crippen LogP contribution in [0.3, 0.4) is 0 Å². The number of hydrogen-bond donors (Lipinski definition) is 1.